The van der Waals surface area contributed by atoms with Gasteiger partial charge >= 0.3 is 24.3 Å². The van der Waals surface area contributed by atoms with Gasteiger partial charge in [0.1, 0.15) is 23.7 Å². The lowest BCUT2D eigenvalue weighted by Crippen LogP contribution is -2.49. The summed E-state index contributed by atoms with van der Waals surface area (Å²) in [5.74, 6) is -4.54. The molecule has 2 fully saturated rings. The molecule has 6 aromatic rings. The van der Waals surface area contributed by atoms with Gasteiger partial charge in [-0.3, -0.25) is 28.8 Å². The second-order valence-electron chi connectivity index (χ2n) is 27.5. The summed E-state index contributed by atoms with van der Waals surface area (Å²) < 4.78 is 134. The maximum atomic E-state index is 16.0. The number of alkyl halides is 6. The Labute approximate surface area is 579 Å². The van der Waals surface area contributed by atoms with Crippen LogP contribution in [-0.2, 0) is 58.6 Å². The van der Waals surface area contributed by atoms with Crippen LogP contribution in [0.3, 0.4) is 0 Å². The van der Waals surface area contributed by atoms with E-state index in [1.54, 1.807) is 67.0 Å². The van der Waals surface area contributed by atoms with Gasteiger partial charge < -0.3 is 48.9 Å². The summed E-state index contributed by atoms with van der Waals surface area (Å²) >= 11 is 0. The molecular weight excluding hydrogens is 1310 g/mol. The molecule has 1 unspecified atom stereocenters. The quantitative estimate of drug-likeness (QED) is 0.0298. The number of aromatic nitrogens is 2. The number of carbonyl (C=O) groups is 4. The third kappa shape index (κ3) is 20.4. The molecule has 0 bridgehead atoms. The minimum Gasteiger partial charge on any atom is -0.481 e. The number of carboxylic acid groups (broad SMARTS) is 1. The number of pyridine rings is 2. The fourth-order valence-corrected chi connectivity index (χ4v) is 13.6. The molecule has 2 aliphatic heterocycles. The predicted octanol–water partition coefficient (Wildman–Crippen LogP) is 13.8. The summed E-state index contributed by atoms with van der Waals surface area (Å²) in [6.45, 7) is 24.3. The molecule has 0 saturated carbocycles. The lowest BCUT2D eigenvalue weighted by Gasteiger charge is -2.39. The number of hydrogen-bond donors (Lipinski definition) is 3. The molecule has 24 heteroatoms. The maximum absolute atomic E-state index is 16.0. The number of benzene rings is 4. The highest BCUT2D eigenvalue weighted by Gasteiger charge is 2.39. The first-order valence-electron chi connectivity index (χ1n) is 33.8. The van der Waals surface area contributed by atoms with Crippen molar-refractivity contribution >= 4 is 23.8 Å². The number of likely N-dealkylation sites (tertiary alicyclic amines) is 2. The van der Waals surface area contributed by atoms with E-state index in [4.69, 9.17) is 14.2 Å². The van der Waals surface area contributed by atoms with Crippen molar-refractivity contribution in [2.24, 2.45) is 23.7 Å². The average molecular weight is 1400 g/mol. The number of methoxy groups -OCH3 is 2. The topological polar surface area (TPSA) is 191 Å². The van der Waals surface area contributed by atoms with Gasteiger partial charge in [-0.25, -0.2) is 8.78 Å². The highest BCUT2D eigenvalue weighted by atomic mass is 19.4. The van der Waals surface area contributed by atoms with Crippen LogP contribution in [0, 0.1) is 76.8 Å². The van der Waals surface area contributed by atoms with Crippen molar-refractivity contribution in [2.45, 2.75) is 151 Å². The third-order valence-corrected chi connectivity index (χ3v) is 18.4. The summed E-state index contributed by atoms with van der Waals surface area (Å²) in [6.07, 6.45) is -8.26. The fourth-order valence-electron chi connectivity index (χ4n) is 13.6. The zero-order valence-corrected chi connectivity index (χ0v) is 59.2. The SMILES string of the molecule is CCOC(=O)C[C@H](NC(=O)[C@H](CC(C)C)n1cc(CCN2CC(COC)C2)c(C(F)(F)F)cc1=O)c1cc(-c2c(C)cccc2C)cc(C)c1F.COCC1CN(CCc2cn(C(CC(C)C)C(=O)N[C@@H](CC(=O)O)c3cc(-c4c(C)cccc4C)cc(C)c3F)c(=O)cc2C(F)(F)F)C1. The van der Waals surface area contributed by atoms with Gasteiger partial charge in [0, 0.05) is 101 Å². The molecule has 0 spiro atoms. The Balaban J connectivity index is 0.000000281. The second-order valence-corrected chi connectivity index (χ2v) is 27.5. The van der Waals surface area contributed by atoms with Crippen molar-refractivity contribution in [2.75, 3.05) is 73.3 Å². The largest absolute Gasteiger partial charge is 0.481 e. The van der Waals surface area contributed by atoms with Gasteiger partial charge in [-0.1, -0.05) is 64.1 Å². The number of amides is 2. The standard InChI is InChI=1S/C39H49F4N3O5.C37H45F4N3O5/c1-8-51-35(48)18-32(30-16-29(15-26(6)37(30)40)36-24(4)10-9-11-25(36)5)44-38(49)33(14-23(2)3)46-21-28(31(17-34(46)47)39(41,42)43)12-13-45-19-27(20-45)22-50-7;1-21(2)12-31(44-19-26(29(15-32(44)45)37(39,40)41)10-11-43-17-25(18-43)20-49-6)36(48)42-30(16-33(46)47)28-14-27(13-24(5)35(28)38)34-22(3)8-7-9-23(34)4/h9-11,15-17,21,23,27,32-33H,8,12-14,18-20,22H2,1-7H3,(H,44,49);7-9,13-15,19,21,25,30-31H,10-12,16-18,20H2,1-6H3,(H,42,48)(H,46,47)/t32-,33-;30-,31?/m00/s1. The predicted molar refractivity (Wildman–Crippen MR) is 367 cm³/mol. The Morgan fingerprint density at radius 2 is 0.920 bits per heavy atom. The molecule has 16 nitrogen and oxygen atoms in total. The molecule has 4 atom stereocenters. The van der Waals surface area contributed by atoms with E-state index in [1.165, 1.54) is 6.07 Å². The van der Waals surface area contributed by atoms with E-state index in [9.17, 15) is 60.2 Å². The number of aryl methyl sites for hydroxylation is 6. The van der Waals surface area contributed by atoms with Gasteiger partial charge in [-0.2, -0.15) is 26.3 Å². The molecular formula is C76H94F8N6O10. The van der Waals surface area contributed by atoms with Crippen LogP contribution in [0.4, 0.5) is 35.1 Å². The van der Waals surface area contributed by atoms with Crippen molar-refractivity contribution in [1.29, 1.82) is 0 Å². The van der Waals surface area contributed by atoms with Gasteiger partial charge in [-0.15, -0.1) is 0 Å². The molecule has 100 heavy (non-hydrogen) atoms. The molecule has 2 aliphatic rings. The van der Waals surface area contributed by atoms with Crippen LogP contribution in [0.1, 0.15) is 151 Å². The summed E-state index contributed by atoms with van der Waals surface area (Å²) in [4.78, 5) is 83.9. The van der Waals surface area contributed by atoms with Gasteiger partial charge in [0.05, 0.1) is 55.9 Å². The molecule has 2 saturated heterocycles. The van der Waals surface area contributed by atoms with Crippen LogP contribution in [0.25, 0.3) is 22.3 Å². The Kier molecular flexibility index (Phi) is 27.4. The van der Waals surface area contributed by atoms with Gasteiger partial charge in [0.25, 0.3) is 11.1 Å². The number of halogens is 8. The van der Waals surface area contributed by atoms with Crippen LogP contribution < -0.4 is 21.8 Å². The van der Waals surface area contributed by atoms with Crippen LogP contribution in [0.5, 0.6) is 0 Å². The fraction of sp³-hybridized carbons (Fsp3) is 0.500. The van der Waals surface area contributed by atoms with Crippen LogP contribution in [0.15, 0.2) is 94.8 Å². The number of hydrogen-bond acceptors (Lipinski definition) is 11. The number of nitrogens with zero attached hydrogens (tertiary/aromatic N) is 4. The molecule has 2 amide bonds. The average Bonchev–Trinajstić information content (AvgIpc) is 0.795. The normalized spacial score (nSPS) is 15.2. The molecule has 2 aromatic heterocycles. The highest BCUT2D eigenvalue weighted by molar-refractivity contribution is 5.83. The number of carboxylic acids is 1. The van der Waals surface area contributed by atoms with E-state index in [0.29, 0.717) is 93.1 Å². The Morgan fingerprint density at radius 1 is 0.560 bits per heavy atom. The number of rotatable bonds is 29. The number of nitrogens with one attached hydrogen (secondary N) is 2. The van der Waals surface area contributed by atoms with Crippen molar-refractivity contribution in [3.8, 4) is 22.3 Å². The monoisotopic (exact) mass is 1400 g/mol. The lowest BCUT2D eigenvalue weighted by molar-refractivity contribution is -0.144. The number of ether oxygens (including phenoxy) is 3. The summed E-state index contributed by atoms with van der Waals surface area (Å²) in [5.41, 5.74) is 3.05. The third-order valence-electron chi connectivity index (χ3n) is 18.4. The van der Waals surface area contributed by atoms with E-state index in [2.05, 4.69) is 10.6 Å². The number of esters is 1. The van der Waals surface area contributed by atoms with Gasteiger partial charge in [0.2, 0.25) is 11.8 Å². The maximum Gasteiger partial charge on any atom is 0.416 e. The summed E-state index contributed by atoms with van der Waals surface area (Å²) in [7, 11) is 3.20. The van der Waals surface area contributed by atoms with E-state index >= 15 is 8.78 Å². The molecule has 4 heterocycles. The second kappa shape index (κ2) is 34.5. The van der Waals surface area contributed by atoms with Crippen LogP contribution in [0.2, 0.25) is 0 Å². The van der Waals surface area contributed by atoms with E-state index in [1.807, 2.05) is 87.7 Å². The van der Waals surface area contributed by atoms with Crippen molar-refractivity contribution in [3.63, 3.8) is 0 Å². The van der Waals surface area contributed by atoms with E-state index < -0.39 is 107 Å². The smallest absolute Gasteiger partial charge is 0.416 e. The molecule has 3 N–H and O–H groups in total. The lowest BCUT2D eigenvalue weighted by atomic mass is 9.90. The molecule has 544 valence electrons. The minimum absolute atomic E-state index is 0.00588. The first-order valence-corrected chi connectivity index (χ1v) is 33.8. The first kappa shape index (κ1) is 79.3. The number of aliphatic carboxylic acids is 1. The molecule has 8 rings (SSSR count). The summed E-state index contributed by atoms with van der Waals surface area (Å²) in [6, 6.07) is 14.0. The van der Waals surface area contributed by atoms with Crippen molar-refractivity contribution in [3.05, 3.63) is 184 Å². The zero-order valence-electron chi connectivity index (χ0n) is 59.2. The Bertz CT molecular complexity index is 3960. The summed E-state index contributed by atoms with van der Waals surface area (Å²) in [5, 5.41) is 15.3. The zero-order chi connectivity index (χ0) is 73.8. The highest BCUT2D eigenvalue weighted by Crippen LogP contribution is 2.39. The van der Waals surface area contributed by atoms with Gasteiger partial charge in [-0.05, 0) is 177 Å². The van der Waals surface area contributed by atoms with E-state index in [0.717, 1.165) is 54.9 Å². The molecule has 4 aromatic carbocycles. The van der Waals surface area contributed by atoms with Crippen LogP contribution >= 0.6 is 0 Å². The van der Waals surface area contributed by atoms with E-state index in [-0.39, 0.29) is 71.9 Å². The van der Waals surface area contributed by atoms with Crippen LogP contribution in [-0.4, -0.2) is 121 Å². The first-order chi connectivity index (χ1) is 47.0. The molecule has 0 radical (unpaired) electrons. The molecule has 0 aliphatic carbocycles. The minimum atomic E-state index is -4.79. The van der Waals surface area contributed by atoms with Crippen molar-refractivity contribution < 1.29 is 73.6 Å². The Morgan fingerprint density at radius 3 is 1.24 bits per heavy atom. The van der Waals surface area contributed by atoms with Crippen molar-refractivity contribution in [1.82, 2.24) is 29.6 Å². The number of carbonyl (C=O) groups excluding carboxylic acids is 3. The van der Waals surface area contributed by atoms with Gasteiger partial charge in [0.15, 0.2) is 0 Å². The Hall–Kier alpha value is -8.06.